The van der Waals surface area contributed by atoms with Gasteiger partial charge in [-0.05, 0) is 43.2 Å². The summed E-state index contributed by atoms with van der Waals surface area (Å²) < 4.78 is 0. The summed E-state index contributed by atoms with van der Waals surface area (Å²) in [5.74, 6) is 0.794. The third-order valence-corrected chi connectivity index (χ3v) is 6.59. The fourth-order valence-corrected chi connectivity index (χ4v) is 4.78. The number of aromatic nitrogens is 1. The van der Waals surface area contributed by atoms with Crippen molar-refractivity contribution >= 4 is 17.6 Å². The number of rotatable bonds is 9. The molecule has 0 spiro atoms. The van der Waals surface area contributed by atoms with E-state index in [1.54, 1.807) is 0 Å². The lowest BCUT2D eigenvalue weighted by atomic mass is 9.78. The molecule has 2 heterocycles. The number of pyridine rings is 1. The molecule has 0 radical (unpaired) electrons. The van der Waals surface area contributed by atoms with E-state index in [-0.39, 0.29) is 0 Å². The summed E-state index contributed by atoms with van der Waals surface area (Å²) in [5.41, 5.74) is 1.18. The second kappa shape index (κ2) is 11.2. The molecule has 2 aliphatic rings. The van der Waals surface area contributed by atoms with Crippen LogP contribution in [0.1, 0.15) is 64.2 Å². The molecule has 0 atom stereocenters. The van der Waals surface area contributed by atoms with E-state index < -0.39 is 5.97 Å². The zero-order valence-electron chi connectivity index (χ0n) is 17.5. The van der Waals surface area contributed by atoms with Crippen molar-refractivity contribution in [1.29, 1.82) is 0 Å². The van der Waals surface area contributed by atoms with Crippen LogP contribution in [0.15, 0.2) is 24.5 Å². The highest BCUT2D eigenvalue weighted by molar-refractivity contribution is 5.76. The highest BCUT2D eigenvalue weighted by atomic mass is 16.4. The molecule has 6 heteroatoms. The largest absolute Gasteiger partial charge is 0.481 e. The van der Waals surface area contributed by atoms with Crippen molar-refractivity contribution in [3.8, 4) is 0 Å². The van der Waals surface area contributed by atoms with E-state index in [1.807, 2.05) is 29.4 Å². The van der Waals surface area contributed by atoms with Gasteiger partial charge in [-0.15, -0.1) is 0 Å². The Morgan fingerprint density at radius 2 is 1.59 bits per heavy atom. The molecule has 0 bridgehead atoms. The van der Waals surface area contributed by atoms with Gasteiger partial charge in [0, 0.05) is 57.1 Å². The van der Waals surface area contributed by atoms with Gasteiger partial charge in [0.2, 0.25) is 5.91 Å². The maximum atomic E-state index is 12.5. The molecule has 1 N–H and O–H groups in total. The van der Waals surface area contributed by atoms with Crippen molar-refractivity contribution in [3.63, 3.8) is 0 Å². The minimum Gasteiger partial charge on any atom is -0.481 e. The SMILES string of the molecule is O=C(O)CC1CCC(CCCCCC(=O)N2CCN(c3ccncc3)CC2)CC1. The van der Waals surface area contributed by atoms with Crippen molar-refractivity contribution in [1.82, 2.24) is 9.88 Å². The van der Waals surface area contributed by atoms with E-state index in [2.05, 4.69) is 9.88 Å². The summed E-state index contributed by atoms with van der Waals surface area (Å²) in [4.78, 5) is 31.7. The Balaban J connectivity index is 1.23. The molecule has 2 fully saturated rings. The predicted molar refractivity (Wildman–Crippen MR) is 114 cm³/mol. The Labute approximate surface area is 174 Å². The first-order valence-corrected chi connectivity index (χ1v) is 11.3. The Morgan fingerprint density at radius 3 is 2.24 bits per heavy atom. The normalized spacial score (nSPS) is 22.5. The number of amides is 1. The number of piperazine rings is 1. The molecule has 1 saturated carbocycles. The highest BCUT2D eigenvalue weighted by Crippen LogP contribution is 2.33. The summed E-state index contributed by atoms with van der Waals surface area (Å²) in [6.07, 6.45) is 13.7. The summed E-state index contributed by atoms with van der Waals surface area (Å²) in [6.45, 7) is 3.39. The van der Waals surface area contributed by atoms with E-state index in [4.69, 9.17) is 5.11 Å². The van der Waals surface area contributed by atoms with Gasteiger partial charge < -0.3 is 14.9 Å². The second-order valence-electron chi connectivity index (χ2n) is 8.66. The van der Waals surface area contributed by atoms with Crippen molar-refractivity contribution in [2.24, 2.45) is 11.8 Å². The van der Waals surface area contributed by atoms with Crippen LogP contribution < -0.4 is 4.90 Å². The fourth-order valence-electron chi connectivity index (χ4n) is 4.78. The fraction of sp³-hybridized carbons (Fsp3) is 0.696. The van der Waals surface area contributed by atoms with Gasteiger partial charge in [0.05, 0.1) is 0 Å². The average Bonchev–Trinajstić information content (AvgIpc) is 2.75. The number of carboxylic acid groups (broad SMARTS) is 1. The molecular formula is C23H35N3O3. The number of hydrogen-bond acceptors (Lipinski definition) is 4. The van der Waals surface area contributed by atoms with Gasteiger partial charge in [0.15, 0.2) is 0 Å². The van der Waals surface area contributed by atoms with Crippen LogP contribution in [0.2, 0.25) is 0 Å². The molecule has 3 rings (SSSR count). The number of unbranched alkanes of at least 4 members (excludes halogenated alkanes) is 2. The van der Waals surface area contributed by atoms with Crippen LogP contribution in [-0.4, -0.2) is 53.0 Å². The van der Waals surface area contributed by atoms with Crippen molar-refractivity contribution in [2.75, 3.05) is 31.1 Å². The monoisotopic (exact) mass is 401 g/mol. The Hall–Kier alpha value is -2.11. The number of aliphatic carboxylic acids is 1. The highest BCUT2D eigenvalue weighted by Gasteiger charge is 2.23. The van der Waals surface area contributed by atoms with Crippen LogP contribution in [0.4, 0.5) is 5.69 Å². The Bertz CT molecular complexity index is 636. The molecule has 1 aromatic rings. The first-order chi connectivity index (χ1) is 14.1. The number of carbonyl (C=O) groups is 2. The van der Waals surface area contributed by atoms with E-state index in [0.29, 0.717) is 24.7 Å². The smallest absolute Gasteiger partial charge is 0.303 e. The molecule has 1 aromatic heterocycles. The number of carbonyl (C=O) groups excluding carboxylic acids is 1. The maximum Gasteiger partial charge on any atom is 0.303 e. The number of carboxylic acids is 1. The van der Waals surface area contributed by atoms with Crippen LogP contribution in [0, 0.1) is 11.8 Å². The van der Waals surface area contributed by atoms with Crippen LogP contribution in [0.5, 0.6) is 0 Å². The van der Waals surface area contributed by atoms with Gasteiger partial charge in [0.25, 0.3) is 0 Å². The molecule has 1 amide bonds. The summed E-state index contributed by atoms with van der Waals surface area (Å²) >= 11 is 0. The van der Waals surface area contributed by atoms with Crippen LogP contribution in [-0.2, 0) is 9.59 Å². The Morgan fingerprint density at radius 1 is 0.931 bits per heavy atom. The van der Waals surface area contributed by atoms with Gasteiger partial charge in [-0.3, -0.25) is 14.6 Å². The topological polar surface area (TPSA) is 73.7 Å². The zero-order chi connectivity index (χ0) is 20.5. The number of hydrogen-bond donors (Lipinski definition) is 1. The molecule has 29 heavy (non-hydrogen) atoms. The lowest BCUT2D eigenvalue weighted by Gasteiger charge is -2.36. The minimum atomic E-state index is -0.656. The zero-order valence-corrected chi connectivity index (χ0v) is 17.5. The second-order valence-corrected chi connectivity index (χ2v) is 8.66. The molecule has 1 aliphatic carbocycles. The summed E-state index contributed by atoms with van der Waals surface area (Å²) in [7, 11) is 0. The van der Waals surface area contributed by atoms with E-state index in [9.17, 15) is 9.59 Å². The lowest BCUT2D eigenvalue weighted by molar-refractivity contribution is -0.138. The number of nitrogens with zero attached hydrogens (tertiary/aromatic N) is 3. The van der Waals surface area contributed by atoms with Gasteiger partial charge in [0.1, 0.15) is 0 Å². The van der Waals surface area contributed by atoms with Gasteiger partial charge >= 0.3 is 5.97 Å². The minimum absolute atomic E-state index is 0.300. The molecular weight excluding hydrogens is 366 g/mol. The first-order valence-electron chi connectivity index (χ1n) is 11.3. The standard InChI is InChI=1S/C23H35N3O3/c27-22(26-16-14-25(15-17-26)21-10-12-24-13-11-21)5-3-1-2-4-19-6-8-20(9-7-19)18-23(28)29/h10-13,19-20H,1-9,14-18H2,(H,28,29). The first kappa shape index (κ1) is 21.6. The summed E-state index contributed by atoms with van der Waals surface area (Å²) in [6, 6.07) is 4.05. The lowest BCUT2D eigenvalue weighted by Crippen LogP contribution is -2.48. The van der Waals surface area contributed by atoms with Gasteiger partial charge in [-0.25, -0.2) is 0 Å². The van der Waals surface area contributed by atoms with Crippen molar-refractivity contribution < 1.29 is 14.7 Å². The molecule has 6 nitrogen and oxygen atoms in total. The van der Waals surface area contributed by atoms with E-state index >= 15 is 0 Å². The van der Waals surface area contributed by atoms with Crippen LogP contribution in [0.3, 0.4) is 0 Å². The molecule has 1 saturated heterocycles. The van der Waals surface area contributed by atoms with E-state index in [0.717, 1.165) is 57.8 Å². The number of anilines is 1. The molecule has 0 unspecified atom stereocenters. The maximum absolute atomic E-state index is 12.5. The summed E-state index contributed by atoms with van der Waals surface area (Å²) in [5, 5.41) is 8.90. The van der Waals surface area contributed by atoms with Crippen LogP contribution in [0.25, 0.3) is 0 Å². The van der Waals surface area contributed by atoms with Gasteiger partial charge in [-0.1, -0.05) is 32.1 Å². The molecule has 0 aromatic carbocycles. The molecule has 1 aliphatic heterocycles. The van der Waals surface area contributed by atoms with Crippen molar-refractivity contribution in [3.05, 3.63) is 24.5 Å². The third kappa shape index (κ3) is 7.02. The molecule has 160 valence electrons. The van der Waals surface area contributed by atoms with Gasteiger partial charge in [-0.2, -0.15) is 0 Å². The Kier molecular flexibility index (Phi) is 8.32. The third-order valence-electron chi connectivity index (χ3n) is 6.59. The predicted octanol–water partition coefficient (Wildman–Crippen LogP) is 3.96. The average molecular weight is 402 g/mol. The quantitative estimate of drug-likeness (QED) is 0.634. The van der Waals surface area contributed by atoms with Crippen LogP contribution >= 0.6 is 0 Å². The van der Waals surface area contributed by atoms with Crippen molar-refractivity contribution in [2.45, 2.75) is 64.2 Å². The van der Waals surface area contributed by atoms with E-state index in [1.165, 1.54) is 31.4 Å².